The summed E-state index contributed by atoms with van der Waals surface area (Å²) in [6.45, 7) is 2.01. The van der Waals surface area contributed by atoms with E-state index in [-0.39, 0.29) is 4.91 Å². The van der Waals surface area contributed by atoms with Gasteiger partial charge >= 0.3 is 5.97 Å². The Kier molecular flexibility index (Phi) is 5.82. The van der Waals surface area contributed by atoms with Crippen LogP contribution in [-0.4, -0.2) is 11.1 Å². The fraction of sp³-hybridized carbons (Fsp3) is 0.0455. The molecule has 3 rings (SSSR count). The van der Waals surface area contributed by atoms with Crippen molar-refractivity contribution in [3.05, 3.63) is 105 Å². The predicted octanol–water partition coefficient (Wildman–Crippen LogP) is 6.28. The third-order valence-corrected chi connectivity index (χ3v) is 5.20. The number of carbonyl (C=O) groups is 1. The van der Waals surface area contributed by atoms with Gasteiger partial charge in [-0.15, -0.1) is 0 Å². The van der Waals surface area contributed by atoms with E-state index in [4.69, 9.17) is 11.6 Å². The number of thioether (sulfide) groups is 1. The SMILES string of the molecule is Cc1ccc(S/C(C(=O)O)=C(\c2ccccc2)c2ccc(Cl)cc2)cc1. The molecule has 0 atom stereocenters. The zero-order valence-corrected chi connectivity index (χ0v) is 15.7. The monoisotopic (exact) mass is 380 g/mol. The number of aryl methyl sites for hydroxylation is 1. The lowest BCUT2D eigenvalue weighted by atomic mass is 9.97. The summed E-state index contributed by atoms with van der Waals surface area (Å²) >= 11 is 7.27. The van der Waals surface area contributed by atoms with Crippen LogP contribution in [0.5, 0.6) is 0 Å². The van der Waals surface area contributed by atoms with E-state index in [0.717, 1.165) is 21.6 Å². The van der Waals surface area contributed by atoms with Gasteiger partial charge in [-0.1, -0.05) is 83.5 Å². The number of rotatable bonds is 5. The summed E-state index contributed by atoms with van der Waals surface area (Å²) in [7, 11) is 0. The highest BCUT2D eigenvalue weighted by Crippen LogP contribution is 2.37. The second kappa shape index (κ2) is 8.26. The first-order chi connectivity index (χ1) is 12.5. The molecule has 3 aromatic rings. The molecule has 1 N–H and O–H groups in total. The standard InChI is InChI=1S/C22H17ClO2S/c1-15-7-13-19(14-8-15)26-21(22(24)25)20(16-5-3-2-4-6-16)17-9-11-18(23)12-10-17/h2-14H,1H3,(H,24,25)/b21-20+. The molecule has 4 heteroatoms. The van der Waals surface area contributed by atoms with E-state index in [1.807, 2.05) is 73.7 Å². The Balaban J connectivity index is 2.18. The number of hydrogen-bond acceptors (Lipinski definition) is 2. The second-order valence-corrected chi connectivity index (χ2v) is 7.32. The van der Waals surface area contributed by atoms with Crippen molar-refractivity contribution in [3.63, 3.8) is 0 Å². The molecule has 26 heavy (non-hydrogen) atoms. The molecule has 0 saturated carbocycles. The molecule has 0 spiro atoms. The van der Waals surface area contributed by atoms with Crippen LogP contribution in [0, 0.1) is 6.92 Å². The maximum atomic E-state index is 12.1. The first-order valence-corrected chi connectivity index (χ1v) is 9.27. The molecule has 0 aromatic heterocycles. The van der Waals surface area contributed by atoms with Gasteiger partial charge in [-0.3, -0.25) is 0 Å². The Morgan fingerprint density at radius 1 is 0.846 bits per heavy atom. The van der Waals surface area contributed by atoms with Crippen molar-refractivity contribution in [1.82, 2.24) is 0 Å². The van der Waals surface area contributed by atoms with Crippen LogP contribution in [0.4, 0.5) is 0 Å². The Labute approximate surface area is 162 Å². The van der Waals surface area contributed by atoms with Gasteiger partial charge in [0.2, 0.25) is 0 Å². The molecule has 0 heterocycles. The topological polar surface area (TPSA) is 37.3 Å². The molecule has 0 aliphatic heterocycles. The van der Waals surface area contributed by atoms with Crippen LogP contribution in [-0.2, 0) is 4.79 Å². The molecular formula is C22H17ClO2S. The number of aliphatic carboxylic acids is 1. The molecule has 3 aromatic carbocycles. The van der Waals surface area contributed by atoms with Gasteiger partial charge in [-0.2, -0.15) is 0 Å². The van der Waals surface area contributed by atoms with Crippen molar-refractivity contribution in [2.75, 3.05) is 0 Å². The van der Waals surface area contributed by atoms with Crippen LogP contribution in [0.15, 0.2) is 88.7 Å². The lowest BCUT2D eigenvalue weighted by molar-refractivity contribution is -0.131. The zero-order chi connectivity index (χ0) is 18.5. The lowest BCUT2D eigenvalue weighted by Gasteiger charge is -2.14. The van der Waals surface area contributed by atoms with Gasteiger partial charge in [0.15, 0.2) is 0 Å². The molecule has 2 nitrogen and oxygen atoms in total. The van der Waals surface area contributed by atoms with Crippen LogP contribution in [0.1, 0.15) is 16.7 Å². The number of carboxylic acid groups (broad SMARTS) is 1. The molecule has 0 aliphatic carbocycles. The van der Waals surface area contributed by atoms with Gasteiger partial charge in [0.25, 0.3) is 0 Å². The molecule has 0 bridgehead atoms. The largest absolute Gasteiger partial charge is 0.477 e. The van der Waals surface area contributed by atoms with Crippen molar-refractivity contribution in [1.29, 1.82) is 0 Å². The smallest absolute Gasteiger partial charge is 0.343 e. The van der Waals surface area contributed by atoms with Crippen molar-refractivity contribution >= 4 is 34.9 Å². The van der Waals surface area contributed by atoms with Crippen molar-refractivity contribution in [2.24, 2.45) is 0 Å². The van der Waals surface area contributed by atoms with Gasteiger partial charge in [-0.25, -0.2) is 4.79 Å². The number of carboxylic acids is 1. The van der Waals surface area contributed by atoms with E-state index in [9.17, 15) is 9.90 Å². The molecule has 0 fully saturated rings. The Morgan fingerprint density at radius 2 is 1.42 bits per heavy atom. The molecule has 0 amide bonds. The summed E-state index contributed by atoms with van der Waals surface area (Å²) in [5, 5.41) is 10.5. The summed E-state index contributed by atoms with van der Waals surface area (Å²) < 4.78 is 0. The van der Waals surface area contributed by atoms with E-state index in [1.54, 1.807) is 12.1 Å². The summed E-state index contributed by atoms with van der Waals surface area (Å²) in [6, 6.07) is 24.6. The highest BCUT2D eigenvalue weighted by Gasteiger charge is 2.19. The minimum absolute atomic E-state index is 0.280. The minimum atomic E-state index is -0.954. The van der Waals surface area contributed by atoms with Crippen molar-refractivity contribution in [3.8, 4) is 0 Å². The maximum Gasteiger partial charge on any atom is 0.343 e. The summed E-state index contributed by atoms with van der Waals surface area (Å²) in [5.74, 6) is -0.954. The Bertz CT molecular complexity index is 930. The first kappa shape index (κ1) is 18.3. The van der Waals surface area contributed by atoms with Crippen LogP contribution in [0.3, 0.4) is 0 Å². The quantitative estimate of drug-likeness (QED) is 0.417. The number of halogens is 1. The normalized spacial score (nSPS) is 11.8. The van der Waals surface area contributed by atoms with E-state index in [2.05, 4.69) is 0 Å². The van der Waals surface area contributed by atoms with Crippen LogP contribution < -0.4 is 0 Å². The van der Waals surface area contributed by atoms with Crippen molar-refractivity contribution in [2.45, 2.75) is 11.8 Å². The zero-order valence-electron chi connectivity index (χ0n) is 14.1. The molecule has 0 radical (unpaired) electrons. The molecule has 0 saturated heterocycles. The average molecular weight is 381 g/mol. The van der Waals surface area contributed by atoms with Gasteiger partial charge < -0.3 is 5.11 Å². The first-order valence-electron chi connectivity index (χ1n) is 8.08. The van der Waals surface area contributed by atoms with E-state index in [0.29, 0.717) is 10.6 Å². The summed E-state index contributed by atoms with van der Waals surface area (Å²) in [4.78, 5) is 13.3. The Hall–Kier alpha value is -2.49. The van der Waals surface area contributed by atoms with E-state index >= 15 is 0 Å². The third-order valence-electron chi connectivity index (χ3n) is 3.86. The fourth-order valence-electron chi connectivity index (χ4n) is 2.58. The van der Waals surface area contributed by atoms with Crippen LogP contribution >= 0.6 is 23.4 Å². The summed E-state index contributed by atoms with van der Waals surface area (Å²) in [6.07, 6.45) is 0. The molecule has 130 valence electrons. The summed E-state index contributed by atoms with van der Waals surface area (Å²) in [5.41, 5.74) is 3.49. The highest BCUT2D eigenvalue weighted by molar-refractivity contribution is 8.04. The second-order valence-electron chi connectivity index (χ2n) is 5.80. The lowest BCUT2D eigenvalue weighted by Crippen LogP contribution is -2.03. The van der Waals surface area contributed by atoms with E-state index < -0.39 is 5.97 Å². The molecule has 0 aliphatic rings. The maximum absolute atomic E-state index is 12.1. The number of hydrogen-bond donors (Lipinski definition) is 1. The minimum Gasteiger partial charge on any atom is -0.477 e. The van der Waals surface area contributed by atoms with Gasteiger partial charge in [0.05, 0.1) is 0 Å². The van der Waals surface area contributed by atoms with Crippen molar-refractivity contribution < 1.29 is 9.90 Å². The molecular weight excluding hydrogens is 364 g/mol. The van der Waals surface area contributed by atoms with Gasteiger partial charge in [-0.05, 0) is 42.3 Å². The highest BCUT2D eigenvalue weighted by atomic mass is 35.5. The van der Waals surface area contributed by atoms with Crippen LogP contribution in [0.2, 0.25) is 5.02 Å². The average Bonchev–Trinajstić information content (AvgIpc) is 2.65. The fourth-order valence-corrected chi connectivity index (χ4v) is 3.63. The van der Waals surface area contributed by atoms with Gasteiger partial charge in [0.1, 0.15) is 4.91 Å². The van der Waals surface area contributed by atoms with E-state index in [1.165, 1.54) is 11.8 Å². The van der Waals surface area contributed by atoms with Crippen LogP contribution in [0.25, 0.3) is 5.57 Å². The molecule has 0 unspecified atom stereocenters. The third kappa shape index (κ3) is 4.37. The Morgan fingerprint density at radius 3 is 2.00 bits per heavy atom. The number of benzene rings is 3. The predicted molar refractivity (Wildman–Crippen MR) is 109 cm³/mol. The van der Waals surface area contributed by atoms with Gasteiger partial charge in [0, 0.05) is 15.5 Å².